The number of rotatable bonds is 4. The second kappa shape index (κ2) is 4.81. The van der Waals surface area contributed by atoms with Crippen LogP contribution in [0, 0.1) is 0 Å². The SMILES string of the molecule is Cn1nccc1NCC(N)c1ccccc1. The summed E-state index contributed by atoms with van der Waals surface area (Å²) in [6.07, 6.45) is 1.76. The van der Waals surface area contributed by atoms with E-state index >= 15 is 0 Å². The van der Waals surface area contributed by atoms with E-state index in [-0.39, 0.29) is 6.04 Å². The highest BCUT2D eigenvalue weighted by atomic mass is 15.3. The molecule has 0 saturated heterocycles. The summed E-state index contributed by atoms with van der Waals surface area (Å²) >= 11 is 0. The van der Waals surface area contributed by atoms with Crippen molar-refractivity contribution in [3.8, 4) is 0 Å². The average Bonchev–Trinajstić information content (AvgIpc) is 2.73. The van der Waals surface area contributed by atoms with E-state index in [1.165, 1.54) is 0 Å². The summed E-state index contributed by atoms with van der Waals surface area (Å²) in [7, 11) is 1.90. The number of hydrogen-bond donors (Lipinski definition) is 2. The van der Waals surface area contributed by atoms with Crippen molar-refractivity contribution in [3.05, 3.63) is 48.2 Å². The molecule has 0 spiro atoms. The van der Waals surface area contributed by atoms with Gasteiger partial charge in [0.1, 0.15) is 5.82 Å². The van der Waals surface area contributed by atoms with Gasteiger partial charge in [0, 0.05) is 25.7 Å². The van der Waals surface area contributed by atoms with Crippen molar-refractivity contribution < 1.29 is 0 Å². The summed E-state index contributed by atoms with van der Waals surface area (Å²) in [6, 6.07) is 12.0. The molecule has 3 N–H and O–H groups in total. The van der Waals surface area contributed by atoms with Gasteiger partial charge in [-0.05, 0) is 5.56 Å². The standard InChI is InChI=1S/C12H16N4/c1-16-12(7-8-15-16)14-9-11(13)10-5-3-2-4-6-10/h2-8,11,14H,9,13H2,1H3. The summed E-state index contributed by atoms with van der Waals surface area (Å²) in [5.74, 6) is 0.978. The maximum absolute atomic E-state index is 6.07. The molecule has 84 valence electrons. The van der Waals surface area contributed by atoms with Gasteiger partial charge in [0.05, 0.1) is 6.20 Å². The Morgan fingerprint density at radius 1 is 1.31 bits per heavy atom. The van der Waals surface area contributed by atoms with Gasteiger partial charge >= 0.3 is 0 Å². The highest BCUT2D eigenvalue weighted by Crippen LogP contribution is 2.11. The summed E-state index contributed by atoms with van der Waals surface area (Å²) in [5, 5.41) is 7.35. The molecule has 0 saturated carbocycles. The number of nitrogens with one attached hydrogen (secondary N) is 1. The largest absolute Gasteiger partial charge is 0.368 e. The van der Waals surface area contributed by atoms with Gasteiger partial charge in [-0.2, -0.15) is 5.10 Å². The predicted molar refractivity (Wildman–Crippen MR) is 65.1 cm³/mol. The quantitative estimate of drug-likeness (QED) is 0.815. The first-order chi connectivity index (χ1) is 7.77. The van der Waals surface area contributed by atoms with Gasteiger partial charge in [-0.25, -0.2) is 0 Å². The van der Waals surface area contributed by atoms with Crippen LogP contribution < -0.4 is 11.1 Å². The van der Waals surface area contributed by atoms with Crippen molar-refractivity contribution in [2.75, 3.05) is 11.9 Å². The Labute approximate surface area is 95.1 Å². The normalized spacial score (nSPS) is 12.4. The smallest absolute Gasteiger partial charge is 0.123 e. The van der Waals surface area contributed by atoms with Gasteiger partial charge in [-0.1, -0.05) is 30.3 Å². The fourth-order valence-electron chi connectivity index (χ4n) is 1.58. The fraction of sp³-hybridized carbons (Fsp3) is 0.250. The summed E-state index contributed by atoms with van der Waals surface area (Å²) in [4.78, 5) is 0. The van der Waals surface area contributed by atoms with E-state index in [1.54, 1.807) is 10.9 Å². The molecule has 0 fully saturated rings. The molecule has 1 aromatic carbocycles. The van der Waals surface area contributed by atoms with Crippen molar-refractivity contribution in [3.63, 3.8) is 0 Å². The maximum Gasteiger partial charge on any atom is 0.123 e. The monoisotopic (exact) mass is 216 g/mol. The van der Waals surface area contributed by atoms with Crippen LogP contribution in [0.1, 0.15) is 11.6 Å². The molecule has 1 aromatic heterocycles. The van der Waals surface area contributed by atoms with Crippen LogP contribution in [0.3, 0.4) is 0 Å². The van der Waals surface area contributed by atoms with Crippen LogP contribution in [0.2, 0.25) is 0 Å². The van der Waals surface area contributed by atoms with Crippen LogP contribution in [-0.2, 0) is 7.05 Å². The Morgan fingerprint density at radius 3 is 2.69 bits per heavy atom. The molecule has 0 bridgehead atoms. The minimum absolute atomic E-state index is 0.00361. The number of benzene rings is 1. The van der Waals surface area contributed by atoms with Gasteiger partial charge in [-0.15, -0.1) is 0 Å². The average molecular weight is 216 g/mol. The van der Waals surface area contributed by atoms with E-state index in [9.17, 15) is 0 Å². The van der Waals surface area contributed by atoms with E-state index in [0.29, 0.717) is 6.54 Å². The number of aryl methyl sites for hydroxylation is 1. The molecule has 0 aliphatic carbocycles. The first-order valence-electron chi connectivity index (χ1n) is 5.30. The molecule has 0 radical (unpaired) electrons. The number of hydrogen-bond acceptors (Lipinski definition) is 3. The first kappa shape index (κ1) is 10.7. The number of aromatic nitrogens is 2. The lowest BCUT2D eigenvalue weighted by molar-refractivity contribution is 0.731. The topological polar surface area (TPSA) is 55.9 Å². The lowest BCUT2D eigenvalue weighted by Gasteiger charge is -2.13. The van der Waals surface area contributed by atoms with Gasteiger partial charge < -0.3 is 11.1 Å². The second-order valence-corrected chi connectivity index (χ2v) is 3.74. The van der Waals surface area contributed by atoms with Gasteiger partial charge in [-0.3, -0.25) is 4.68 Å². The zero-order valence-corrected chi connectivity index (χ0v) is 9.30. The van der Waals surface area contributed by atoms with Crippen LogP contribution in [-0.4, -0.2) is 16.3 Å². The molecule has 0 amide bonds. The van der Waals surface area contributed by atoms with Crippen LogP contribution in [0.25, 0.3) is 0 Å². The Hall–Kier alpha value is -1.81. The lowest BCUT2D eigenvalue weighted by atomic mass is 10.1. The molecule has 1 heterocycles. The molecule has 16 heavy (non-hydrogen) atoms. The van der Waals surface area contributed by atoms with E-state index in [2.05, 4.69) is 10.4 Å². The van der Waals surface area contributed by atoms with Crippen LogP contribution >= 0.6 is 0 Å². The number of anilines is 1. The first-order valence-corrected chi connectivity index (χ1v) is 5.30. The zero-order chi connectivity index (χ0) is 11.4. The Kier molecular flexibility index (Phi) is 3.22. The highest BCUT2D eigenvalue weighted by molar-refractivity contribution is 5.34. The zero-order valence-electron chi connectivity index (χ0n) is 9.30. The minimum Gasteiger partial charge on any atom is -0.368 e. The third-order valence-corrected chi connectivity index (χ3v) is 2.55. The van der Waals surface area contributed by atoms with E-state index in [0.717, 1.165) is 11.4 Å². The summed E-state index contributed by atoms with van der Waals surface area (Å²) in [5.41, 5.74) is 7.21. The van der Waals surface area contributed by atoms with Crippen molar-refractivity contribution >= 4 is 5.82 Å². The third kappa shape index (κ3) is 2.41. The molecular weight excluding hydrogens is 200 g/mol. The van der Waals surface area contributed by atoms with Gasteiger partial charge in [0.15, 0.2) is 0 Å². The van der Waals surface area contributed by atoms with Crippen LogP contribution in [0.15, 0.2) is 42.6 Å². The molecule has 0 aliphatic heterocycles. The Balaban J connectivity index is 1.94. The van der Waals surface area contributed by atoms with Crippen molar-refractivity contribution in [2.45, 2.75) is 6.04 Å². The van der Waals surface area contributed by atoms with Gasteiger partial charge in [0.2, 0.25) is 0 Å². The Morgan fingerprint density at radius 2 is 2.06 bits per heavy atom. The molecule has 1 unspecified atom stereocenters. The summed E-state index contributed by atoms with van der Waals surface area (Å²) < 4.78 is 1.79. The molecule has 2 rings (SSSR count). The predicted octanol–water partition coefficient (Wildman–Crippen LogP) is 1.53. The molecule has 4 nitrogen and oxygen atoms in total. The minimum atomic E-state index is -0.00361. The third-order valence-electron chi connectivity index (χ3n) is 2.55. The fourth-order valence-corrected chi connectivity index (χ4v) is 1.58. The van der Waals surface area contributed by atoms with Crippen LogP contribution in [0.4, 0.5) is 5.82 Å². The van der Waals surface area contributed by atoms with E-state index in [1.807, 2.05) is 43.4 Å². The highest BCUT2D eigenvalue weighted by Gasteiger charge is 2.05. The molecule has 1 atom stereocenters. The second-order valence-electron chi connectivity index (χ2n) is 3.74. The van der Waals surface area contributed by atoms with Crippen molar-refractivity contribution in [2.24, 2.45) is 12.8 Å². The van der Waals surface area contributed by atoms with Crippen molar-refractivity contribution in [1.82, 2.24) is 9.78 Å². The molecular formula is C12H16N4. The maximum atomic E-state index is 6.07. The molecule has 2 aromatic rings. The lowest BCUT2D eigenvalue weighted by Crippen LogP contribution is -2.21. The van der Waals surface area contributed by atoms with Crippen molar-refractivity contribution in [1.29, 1.82) is 0 Å². The van der Waals surface area contributed by atoms with E-state index < -0.39 is 0 Å². The summed E-state index contributed by atoms with van der Waals surface area (Å²) in [6.45, 7) is 0.698. The Bertz CT molecular complexity index is 435. The number of nitrogens with zero attached hydrogens (tertiary/aromatic N) is 2. The number of nitrogens with two attached hydrogens (primary N) is 1. The van der Waals surface area contributed by atoms with Crippen LogP contribution in [0.5, 0.6) is 0 Å². The van der Waals surface area contributed by atoms with Gasteiger partial charge in [0.25, 0.3) is 0 Å². The molecule has 0 aliphatic rings. The van der Waals surface area contributed by atoms with E-state index in [4.69, 9.17) is 5.73 Å². The molecule has 4 heteroatoms.